The largest absolute Gasteiger partial charge is 0.481 e. The molecule has 4 aromatic carbocycles. The molecule has 21 nitrogen and oxygen atoms in total. The van der Waals surface area contributed by atoms with Crippen molar-refractivity contribution in [2.45, 2.75) is 216 Å². The number of rotatable bonds is 8. The molecule has 0 spiro atoms. The summed E-state index contributed by atoms with van der Waals surface area (Å²) in [6.07, 6.45) is 5.05. The van der Waals surface area contributed by atoms with E-state index in [2.05, 4.69) is 55.9 Å². The third-order valence-corrected chi connectivity index (χ3v) is 21.0. The third kappa shape index (κ3) is 33.4. The first-order chi connectivity index (χ1) is 50.2. The van der Waals surface area contributed by atoms with Crippen molar-refractivity contribution in [1.29, 1.82) is 0 Å². The van der Waals surface area contributed by atoms with E-state index in [1.165, 1.54) is 12.8 Å². The number of piperidine rings is 5. The van der Waals surface area contributed by atoms with Crippen LogP contribution in [-0.4, -0.2) is 194 Å². The summed E-state index contributed by atoms with van der Waals surface area (Å²) in [6, 6.07) is 29.6. The van der Waals surface area contributed by atoms with E-state index < -0.39 is 56.4 Å². The zero-order valence-electron chi connectivity index (χ0n) is 67.0. The number of ketones is 2. The van der Waals surface area contributed by atoms with Crippen molar-refractivity contribution in [2.75, 3.05) is 90.5 Å². The maximum atomic E-state index is 12.3. The van der Waals surface area contributed by atoms with Gasteiger partial charge in [-0.3, -0.25) is 19.2 Å². The monoisotopic (exact) mass is 1730 g/mol. The van der Waals surface area contributed by atoms with Gasteiger partial charge in [0.05, 0.1) is 29.6 Å². The molecule has 0 radical (unpaired) electrons. The Morgan fingerprint density at radius 1 is 0.486 bits per heavy atom. The summed E-state index contributed by atoms with van der Waals surface area (Å²) in [5, 5.41) is 56.6. The van der Waals surface area contributed by atoms with E-state index in [1.807, 2.05) is 177 Å². The molecule has 109 heavy (non-hydrogen) atoms. The fraction of sp³-hybridized carbons (Fsp3) is 0.622. The van der Waals surface area contributed by atoms with Crippen LogP contribution in [0.5, 0.6) is 0 Å². The molecule has 0 saturated carbocycles. The number of aliphatic carboxylic acids is 2. The SMILES string of the molecule is C1CCOC1.CC(C)(C)OC(=O)N1CCC(=O)C(C)(C)C1.CC(C)(C)OC(=O)N1CCC(=O)CC1.CC(C)(C)OC(=O)N1CCC(O)(c2ccc(Cl)cc2)C(C)(C)C1.CC1(C)CN(CCC(=O)O)CCC1(O)c1ccc(Cl)cc1.CC1(C)CNCCC1(O)c1ccc(Cl)cc1.Clc1ccc(Br)cc1.O=C(O)CCBr. The van der Waals surface area contributed by atoms with Crippen LogP contribution in [0.3, 0.4) is 0 Å². The highest BCUT2D eigenvalue weighted by Gasteiger charge is 2.52. The van der Waals surface area contributed by atoms with Gasteiger partial charge in [-0.05, 0) is 178 Å². The number of nitrogens with one attached hydrogen (secondary N) is 1. The molecule has 6 aliphatic heterocycles. The highest BCUT2D eigenvalue weighted by atomic mass is 79.9. The average Bonchev–Trinajstić information content (AvgIpc) is 1.01. The van der Waals surface area contributed by atoms with Gasteiger partial charge in [0.15, 0.2) is 0 Å². The minimum atomic E-state index is -1.00. The van der Waals surface area contributed by atoms with E-state index in [0.29, 0.717) is 111 Å². The fourth-order valence-electron chi connectivity index (χ4n) is 12.6. The van der Waals surface area contributed by atoms with E-state index >= 15 is 0 Å². The molecule has 3 amide bonds. The van der Waals surface area contributed by atoms with Crippen LogP contribution >= 0.6 is 78.3 Å². The van der Waals surface area contributed by atoms with Gasteiger partial charge in [-0.15, -0.1) is 0 Å². The number of carboxylic acids is 2. The van der Waals surface area contributed by atoms with Gasteiger partial charge in [-0.1, -0.05) is 170 Å². The van der Waals surface area contributed by atoms with Crippen molar-refractivity contribution < 1.29 is 78.0 Å². The third-order valence-electron chi connectivity index (χ3n) is 19.1. The lowest BCUT2D eigenvalue weighted by molar-refractivity contribution is -0.140. The molecule has 0 aromatic heterocycles. The molecule has 0 bridgehead atoms. The van der Waals surface area contributed by atoms with E-state index in [-0.39, 0.29) is 53.5 Å². The highest BCUT2D eigenvalue weighted by molar-refractivity contribution is 9.10. The highest BCUT2D eigenvalue weighted by Crippen LogP contribution is 2.48. The zero-order valence-corrected chi connectivity index (χ0v) is 73.2. The number of hydrogen-bond donors (Lipinski definition) is 6. The second-order valence-electron chi connectivity index (χ2n) is 33.6. The molecule has 6 aliphatic rings. The Labute approximate surface area is 684 Å². The van der Waals surface area contributed by atoms with Crippen molar-refractivity contribution in [3.8, 4) is 0 Å². The molecule has 10 rings (SSSR count). The Bertz CT molecular complexity index is 3490. The number of carbonyl (C=O) groups excluding carboxylic acids is 5. The number of ether oxygens (including phenoxy) is 4. The Morgan fingerprint density at radius 2 is 0.844 bits per heavy atom. The zero-order chi connectivity index (χ0) is 82.8. The normalized spacial score (nSPS) is 22.0. The van der Waals surface area contributed by atoms with Crippen LogP contribution in [0, 0.1) is 21.7 Å². The van der Waals surface area contributed by atoms with Crippen LogP contribution in [0.1, 0.15) is 199 Å². The van der Waals surface area contributed by atoms with Crippen LogP contribution in [0.25, 0.3) is 0 Å². The number of alkyl halides is 1. The first kappa shape index (κ1) is 98.0. The van der Waals surface area contributed by atoms with Gasteiger partial charge >= 0.3 is 30.2 Å². The lowest BCUT2D eigenvalue weighted by atomic mass is 9.66. The van der Waals surface area contributed by atoms with Gasteiger partial charge in [0.1, 0.15) is 28.4 Å². The maximum Gasteiger partial charge on any atom is 0.410 e. The molecular weight excluding hydrogens is 1610 g/mol. The molecule has 6 fully saturated rings. The Hall–Kier alpha value is -5.15. The van der Waals surface area contributed by atoms with E-state index in [4.69, 9.17) is 75.6 Å². The van der Waals surface area contributed by atoms with E-state index in [1.54, 1.807) is 39.0 Å². The molecule has 3 atom stereocenters. The van der Waals surface area contributed by atoms with Gasteiger partial charge < -0.3 is 69.4 Å². The molecule has 27 heteroatoms. The molecule has 612 valence electrons. The molecule has 6 saturated heterocycles. The average molecular weight is 1730 g/mol. The van der Waals surface area contributed by atoms with Crippen LogP contribution in [0.15, 0.2) is 102 Å². The summed E-state index contributed by atoms with van der Waals surface area (Å²) in [7, 11) is 0. The summed E-state index contributed by atoms with van der Waals surface area (Å²) in [5.74, 6) is -1.10. The molecule has 0 aliphatic carbocycles. The lowest BCUT2D eigenvalue weighted by Gasteiger charge is -2.50. The Morgan fingerprint density at radius 3 is 1.17 bits per heavy atom. The standard InChI is InChI=1S/C18H26ClNO3.C16H22ClNO3.C13H18ClNO.C12H21NO3.C10H17NO3.C6H4BrCl.C4H8O.C3H5BrO2/c1-16(2,3)23-15(21)20-11-10-18(22,17(4,5)12-20)13-6-8-14(19)9-7-13;1-15(2)11-18(9-7-14(19)20)10-8-16(15,21)12-3-5-13(17)6-4-12;1-12(2)9-15-8-7-13(12,16)10-3-5-11(14)6-4-10;1-11(2,3)16-10(15)13-7-6-9(14)12(4,5)8-13;1-10(2,3)14-9(13)11-6-4-8(12)5-7-11;7-5-1-3-6(8)4-2-5;1-2-4-5-3-1;4-2-1-3(5)6/h6-9,22H,10-12H2,1-5H3;3-6,21H,7-11H2,1-2H3,(H,19,20);3-6,15-16H,7-9H2,1-2H3;6-8H2,1-5H3;4-7H2,1-3H3;1-4H;1-4H2;1-2H2,(H,5,6). The predicted octanol–water partition coefficient (Wildman–Crippen LogP) is 18.0. The van der Waals surface area contributed by atoms with Gasteiger partial charge in [0.25, 0.3) is 0 Å². The Balaban J connectivity index is 0.000000335. The molecule has 4 aromatic rings. The number of nitrogens with zero attached hydrogens (tertiary/aromatic N) is 4. The van der Waals surface area contributed by atoms with Crippen molar-refractivity contribution in [2.24, 2.45) is 21.7 Å². The number of hydrogen-bond acceptors (Lipinski definition) is 16. The Kier molecular flexibility index (Phi) is 39.0. The van der Waals surface area contributed by atoms with Crippen molar-refractivity contribution in [3.63, 3.8) is 0 Å². The van der Waals surface area contributed by atoms with Crippen LogP contribution in [-0.2, 0) is 54.9 Å². The summed E-state index contributed by atoms with van der Waals surface area (Å²) >= 11 is 29.6. The maximum absolute atomic E-state index is 12.3. The van der Waals surface area contributed by atoms with Gasteiger partial charge in [-0.2, -0.15) is 0 Å². The van der Waals surface area contributed by atoms with Crippen molar-refractivity contribution in [3.05, 3.63) is 138 Å². The van der Waals surface area contributed by atoms with Crippen molar-refractivity contribution >= 4 is 120 Å². The minimum absolute atomic E-state index is 0.134. The van der Waals surface area contributed by atoms with Crippen LogP contribution in [0.2, 0.25) is 20.1 Å². The fourth-order valence-corrected chi connectivity index (χ4v) is 13.7. The summed E-state index contributed by atoms with van der Waals surface area (Å²) in [6.45, 7) is 40.8. The summed E-state index contributed by atoms with van der Waals surface area (Å²) in [5.41, 5.74) is -2.97. The van der Waals surface area contributed by atoms with Gasteiger partial charge in [0.2, 0.25) is 0 Å². The second kappa shape index (κ2) is 43.4. The number of halogens is 6. The molecule has 6 N–H and O–H groups in total. The molecular formula is C82H121Br2Cl4N5O16. The van der Waals surface area contributed by atoms with E-state index in [0.717, 1.165) is 58.9 Å². The van der Waals surface area contributed by atoms with Crippen LogP contribution < -0.4 is 5.32 Å². The molecule has 3 unspecified atom stereocenters. The lowest BCUT2D eigenvalue weighted by Crippen LogP contribution is -2.57. The first-order valence-corrected chi connectivity index (χ1v) is 40.5. The van der Waals surface area contributed by atoms with Crippen molar-refractivity contribution in [1.82, 2.24) is 24.9 Å². The molecule has 6 heterocycles. The number of amides is 3. The number of carboxylic acid groups (broad SMARTS) is 2. The smallest absolute Gasteiger partial charge is 0.410 e. The first-order valence-electron chi connectivity index (χ1n) is 37.1. The van der Waals surface area contributed by atoms with Gasteiger partial charge in [-0.25, -0.2) is 14.4 Å². The quantitative estimate of drug-likeness (QED) is 0.0706. The minimum Gasteiger partial charge on any atom is -0.481 e. The number of benzene rings is 4. The number of aliphatic hydroxyl groups is 3. The number of likely N-dealkylation sites (tertiary alicyclic amines) is 4. The topological polar surface area (TPSA) is 283 Å². The van der Waals surface area contributed by atoms with Crippen LogP contribution in [0.4, 0.5) is 14.4 Å². The van der Waals surface area contributed by atoms with E-state index in [9.17, 15) is 48.9 Å². The number of Topliss-reactive ketones (excluding diaryl/α,β-unsaturated/α-hetero) is 2. The summed E-state index contributed by atoms with van der Waals surface area (Å²) in [4.78, 5) is 85.4. The summed E-state index contributed by atoms with van der Waals surface area (Å²) < 4.78 is 21.9. The van der Waals surface area contributed by atoms with Gasteiger partial charge in [0, 0.05) is 149 Å². The predicted molar refractivity (Wildman–Crippen MR) is 439 cm³/mol. The number of carbonyl (C=O) groups is 7. The second-order valence-corrected chi connectivity index (χ2v) is 37.0.